The Hall–Kier alpha value is -3.34. The SMILES string of the molecule is CCCCOC(=O)C1=C(N)N2C(=O)C(C)SC2=C(C(=O)OCC)C1c1ccc([N+](=O)[O-])cc1. The zero-order chi connectivity index (χ0) is 24.3. The Kier molecular flexibility index (Phi) is 7.42. The molecule has 1 aromatic carbocycles. The molecule has 0 radical (unpaired) electrons. The predicted octanol–water partition coefficient (Wildman–Crippen LogP) is 2.94. The highest BCUT2D eigenvalue weighted by molar-refractivity contribution is 8.04. The van der Waals surface area contributed by atoms with Gasteiger partial charge in [0.25, 0.3) is 5.69 Å². The molecule has 0 aliphatic carbocycles. The second kappa shape index (κ2) is 10.1. The second-order valence-corrected chi connectivity index (χ2v) is 8.77. The predicted molar refractivity (Wildman–Crippen MR) is 120 cm³/mol. The number of nitrogens with zero attached hydrogens (tertiary/aromatic N) is 2. The maximum absolute atomic E-state index is 13.2. The highest BCUT2D eigenvalue weighted by Gasteiger charge is 2.49. The van der Waals surface area contributed by atoms with Crippen LogP contribution in [0.3, 0.4) is 0 Å². The van der Waals surface area contributed by atoms with Crippen molar-refractivity contribution in [2.75, 3.05) is 13.2 Å². The summed E-state index contributed by atoms with van der Waals surface area (Å²) in [6.07, 6.45) is 1.42. The number of hydrogen-bond acceptors (Lipinski definition) is 9. The third kappa shape index (κ3) is 4.58. The van der Waals surface area contributed by atoms with E-state index >= 15 is 0 Å². The number of carbonyl (C=O) groups is 3. The van der Waals surface area contributed by atoms with Gasteiger partial charge in [-0.2, -0.15) is 0 Å². The number of carbonyl (C=O) groups excluding carboxylic acids is 3. The monoisotopic (exact) mass is 475 g/mol. The summed E-state index contributed by atoms with van der Waals surface area (Å²) in [7, 11) is 0. The molecule has 0 aromatic heterocycles. The van der Waals surface area contributed by atoms with Gasteiger partial charge in [-0.15, -0.1) is 0 Å². The number of amides is 1. The van der Waals surface area contributed by atoms with Crippen molar-refractivity contribution >= 4 is 35.3 Å². The molecule has 1 amide bonds. The number of esters is 2. The first-order valence-electron chi connectivity index (χ1n) is 10.6. The van der Waals surface area contributed by atoms with Crippen molar-refractivity contribution in [3.63, 3.8) is 0 Å². The zero-order valence-corrected chi connectivity index (χ0v) is 19.3. The summed E-state index contributed by atoms with van der Waals surface area (Å²) in [5.74, 6) is -2.97. The summed E-state index contributed by atoms with van der Waals surface area (Å²) < 4.78 is 10.7. The fourth-order valence-corrected chi connectivity index (χ4v) is 4.81. The molecule has 11 heteroatoms. The number of unbranched alkanes of at least 4 members (excludes halogenated alkanes) is 1. The van der Waals surface area contributed by atoms with E-state index in [1.54, 1.807) is 13.8 Å². The Morgan fingerprint density at radius 2 is 1.79 bits per heavy atom. The molecule has 2 aliphatic heterocycles. The molecule has 1 saturated heterocycles. The van der Waals surface area contributed by atoms with Crippen molar-refractivity contribution in [1.82, 2.24) is 4.90 Å². The maximum Gasteiger partial charge on any atom is 0.338 e. The largest absolute Gasteiger partial charge is 0.463 e. The first-order chi connectivity index (χ1) is 15.7. The number of nitrogens with two attached hydrogens (primary N) is 1. The number of thioether (sulfide) groups is 1. The Labute approximate surface area is 194 Å². The lowest BCUT2D eigenvalue weighted by molar-refractivity contribution is -0.384. The van der Waals surface area contributed by atoms with E-state index in [1.165, 1.54) is 29.2 Å². The molecular formula is C22H25N3O7S. The Morgan fingerprint density at radius 3 is 2.36 bits per heavy atom. The molecule has 2 N–H and O–H groups in total. The Morgan fingerprint density at radius 1 is 1.15 bits per heavy atom. The lowest BCUT2D eigenvalue weighted by Gasteiger charge is -2.33. The molecule has 2 unspecified atom stereocenters. The molecule has 3 rings (SSSR count). The smallest absolute Gasteiger partial charge is 0.338 e. The number of benzene rings is 1. The molecule has 1 aromatic rings. The van der Waals surface area contributed by atoms with Crippen LogP contribution < -0.4 is 5.73 Å². The standard InChI is InChI=1S/C22H25N3O7S/c1-4-6-11-32-21(27)16-15(13-7-9-14(10-8-13)25(29)30)17(22(28)31-5-2)20-24(18(16)23)19(26)12(3)33-20/h7-10,12,15H,4-6,11,23H2,1-3H3. The van der Waals surface area contributed by atoms with Gasteiger partial charge in [0.05, 0.1) is 45.5 Å². The van der Waals surface area contributed by atoms with Gasteiger partial charge in [0.15, 0.2) is 0 Å². The third-order valence-electron chi connectivity index (χ3n) is 5.27. The number of nitro benzene ring substituents is 1. The van der Waals surface area contributed by atoms with Gasteiger partial charge in [-0.1, -0.05) is 37.2 Å². The minimum atomic E-state index is -1.02. The van der Waals surface area contributed by atoms with Gasteiger partial charge in [0, 0.05) is 12.1 Å². The zero-order valence-electron chi connectivity index (χ0n) is 18.5. The van der Waals surface area contributed by atoms with Gasteiger partial charge in [-0.3, -0.25) is 19.8 Å². The van der Waals surface area contributed by atoms with Crippen molar-refractivity contribution in [2.45, 2.75) is 44.8 Å². The topological polar surface area (TPSA) is 142 Å². The van der Waals surface area contributed by atoms with E-state index in [0.29, 0.717) is 12.0 Å². The van der Waals surface area contributed by atoms with Crippen LogP contribution >= 0.6 is 11.8 Å². The van der Waals surface area contributed by atoms with Crippen molar-refractivity contribution in [2.24, 2.45) is 5.73 Å². The van der Waals surface area contributed by atoms with Crippen molar-refractivity contribution in [3.8, 4) is 0 Å². The summed E-state index contributed by atoms with van der Waals surface area (Å²) in [6, 6.07) is 5.47. The van der Waals surface area contributed by atoms with Crippen molar-refractivity contribution in [3.05, 3.63) is 61.9 Å². The van der Waals surface area contributed by atoms with E-state index in [4.69, 9.17) is 15.2 Å². The molecule has 2 atom stereocenters. The molecular weight excluding hydrogens is 450 g/mol. The number of nitro groups is 1. The maximum atomic E-state index is 13.2. The van der Waals surface area contributed by atoms with E-state index in [0.717, 1.165) is 18.2 Å². The van der Waals surface area contributed by atoms with Crippen LogP contribution in [0.1, 0.15) is 45.1 Å². The average molecular weight is 476 g/mol. The number of hydrogen-bond donors (Lipinski definition) is 1. The molecule has 2 heterocycles. The minimum Gasteiger partial charge on any atom is -0.463 e. The first kappa shape index (κ1) is 24.3. The van der Waals surface area contributed by atoms with Crippen LogP contribution in [-0.4, -0.2) is 46.1 Å². The van der Waals surface area contributed by atoms with Crippen LogP contribution in [0.5, 0.6) is 0 Å². The quantitative estimate of drug-likeness (QED) is 0.260. The third-order valence-corrected chi connectivity index (χ3v) is 6.45. The van der Waals surface area contributed by atoms with Crippen LogP contribution in [0.15, 0.2) is 46.3 Å². The normalized spacial score (nSPS) is 20.1. The number of non-ortho nitro benzene ring substituents is 1. The first-order valence-corrected chi connectivity index (χ1v) is 11.4. The van der Waals surface area contributed by atoms with Crippen LogP contribution in [0, 0.1) is 10.1 Å². The molecule has 0 bridgehead atoms. The molecule has 2 aliphatic rings. The fraction of sp³-hybridized carbons (Fsp3) is 0.409. The molecule has 176 valence electrons. The minimum absolute atomic E-state index is 0.0741. The molecule has 0 spiro atoms. The lowest BCUT2D eigenvalue weighted by Crippen LogP contribution is -2.40. The van der Waals surface area contributed by atoms with Gasteiger partial charge in [0.1, 0.15) is 5.82 Å². The Balaban J connectivity index is 2.22. The van der Waals surface area contributed by atoms with E-state index < -0.39 is 28.0 Å². The van der Waals surface area contributed by atoms with E-state index in [-0.39, 0.29) is 46.8 Å². The summed E-state index contributed by atoms with van der Waals surface area (Å²) >= 11 is 1.15. The van der Waals surface area contributed by atoms with Crippen LogP contribution in [0.25, 0.3) is 0 Å². The molecule has 10 nitrogen and oxygen atoms in total. The summed E-state index contributed by atoms with van der Waals surface area (Å²) in [6.45, 7) is 5.48. The molecule has 0 saturated carbocycles. The lowest BCUT2D eigenvalue weighted by atomic mass is 9.82. The van der Waals surface area contributed by atoms with E-state index in [9.17, 15) is 24.5 Å². The molecule has 33 heavy (non-hydrogen) atoms. The van der Waals surface area contributed by atoms with Crippen LogP contribution in [-0.2, 0) is 23.9 Å². The summed E-state index contributed by atoms with van der Waals surface area (Å²) in [4.78, 5) is 50.8. The van der Waals surface area contributed by atoms with Crippen molar-refractivity contribution in [1.29, 1.82) is 0 Å². The van der Waals surface area contributed by atoms with Gasteiger partial charge < -0.3 is 15.2 Å². The van der Waals surface area contributed by atoms with E-state index in [1.807, 2.05) is 6.92 Å². The Bertz CT molecular complexity index is 1050. The van der Waals surface area contributed by atoms with Gasteiger partial charge in [0.2, 0.25) is 5.91 Å². The second-order valence-electron chi connectivity index (χ2n) is 7.44. The summed E-state index contributed by atoms with van der Waals surface area (Å²) in [5.41, 5.74) is 6.60. The molecule has 1 fully saturated rings. The van der Waals surface area contributed by atoms with Crippen molar-refractivity contribution < 1.29 is 28.8 Å². The number of ether oxygens (including phenoxy) is 2. The van der Waals surface area contributed by atoms with E-state index in [2.05, 4.69) is 0 Å². The van der Waals surface area contributed by atoms with Crippen LogP contribution in [0.2, 0.25) is 0 Å². The highest BCUT2D eigenvalue weighted by atomic mass is 32.2. The fourth-order valence-electron chi connectivity index (χ4n) is 3.65. The highest BCUT2D eigenvalue weighted by Crippen LogP contribution is 2.49. The summed E-state index contributed by atoms with van der Waals surface area (Å²) in [5, 5.41) is 10.9. The van der Waals surface area contributed by atoms with Gasteiger partial charge in [-0.05, 0) is 25.8 Å². The van der Waals surface area contributed by atoms with Crippen LogP contribution in [0.4, 0.5) is 5.69 Å². The number of fused-ring (bicyclic) bond motifs is 1. The number of rotatable bonds is 8. The van der Waals surface area contributed by atoms with Gasteiger partial charge in [-0.25, -0.2) is 9.59 Å². The van der Waals surface area contributed by atoms with Gasteiger partial charge >= 0.3 is 11.9 Å². The average Bonchev–Trinajstić information content (AvgIpc) is 3.08.